The molecular formula is C10H13NO2. The number of rotatable bonds is 3. The second kappa shape index (κ2) is 4.23. The van der Waals surface area contributed by atoms with Gasteiger partial charge in [-0.25, -0.2) is 4.98 Å². The summed E-state index contributed by atoms with van der Waals surface area (Å²) in [7, 11) is 0. The van der Waals surface area contributed by atoms with Crippen LogP contribution in [-0.4, -0.2) is 24.3 Å². The van der Waals surface area contributed by atoms with Crippen molar-refractivity contribution < 1.29 is 9.47 Å². The summed E-state index contributed by atoms with van der Waals surface area (Å²) in [5.74, 6) is 0.679. The maximum Gasteiger partial charge on any atom is 0.213 e. The first-order valence-electron chi connectivity index (χ1n) is 4.60. The molecule has 70 valence electrons. The van der Waals surface area contributed by atoms with Gasteiger partial charge in [-0.05, 0) is 18.9 Å². The van der Waals surface area contributed by atoms with Gasteiger partial charge in [0.2, 0.25) is 5.88 Å². The maximum absolute atomic E-state index is 5.45. The molecule has 0 aromatic carbocycles. The van der Waals surface area contributed by atoms with Gasteiger partial charge in [-0.1, -0.05) is 6.07 Å². The molecule has 2 rings (SSSR count). The smallest absolute Gasteiger partial charge is 0.213 e. The molecule has 2 heterocycles. The molecule has 3 heteroatoms. The summed E-state index contributed by atoms with van der Waals surface area (Å²) >= 11 is 0. The third-order valence-corrected chi connectivity index (χ3v) is 2.08. The lowest BCUT2D eigenvalue weighted by Crippen LogP contribution is -2.16. The van der Waals surface area contributed by atoms with Gasteiger partial charge in [-0.2, -0.15) is 0 Å². The third kappa shape index (κ3) is 2.42. The molecule has 0 unspecified atom stereocenters. The third-order valence-electron chi connectivity index (χ3n) is 2.08. The largest absolute Gasteiger partial charge is 0.475 e. The number of aromatic nitrogens is 1. The van der Waals surface area contributed by atoms with Gasteiger partial charge in [-0.3, -0.25) is 0 Å². The molecule has 0 radical (unpaired) electrons. The minimum Gasteiger partial charge on any atom is -0.475 e. The lowest BCUT2D eigenvalue weighted by atomic mass is 10.2. The molecule has 0 N–H and O–H groups in total. The van der Waals surface area contributed by atoms with Gasteiger partial charge in [0.25, 0.3) is 0 Å². The van der Waals surface area contributed by atoms with Crippen molar-refractivity contribution in [3.05, 3.63) is 24.4 Å². The summed E-state index contributed by atoms with van der Waals surface area (Å²) in [4.78, 5) is 4.06. The van der Waals surface area contributed by atoms with Gasteiger partial charge in [0.1, 0.15) is 6.61 Å². The highest BCUT2D eigenvalue weighted by molar-refractivity contribution is 5.09. The minimum absolute atomic E-state index is 0.266. The van der Waals surface area contributed by atoms with Crippen molar-refractivity contribution in [1.29, 1.82) is 0 Å². The van der Waals surface area contributed by atoms with E-state index in [0.29, 0.717) is 12.5 Å². The first-order chi connectivity index (χ1) is 6.45. The normalized spacial score (nSPS) is 21.7. The molecule has 0 bridgehead atoms. The van der Waals surface area contributed by atoms with Crippen molar-refractivity contribution in [2.75, 3.05) is 13.2 Å². The Balaban J connectivity index is 1.79. The van der Waals surface area contributed by atoms with Gasteiger partial charge in [0.05, 0.1) is 6.10 Å². The zero-order valence-electron chi connectivity index (χ0n) is 7.48. The van der Waals surface area contributed by atoms with Gasteiger partial charge in [0.15, 0.2) is 0 Å². The summed E-state index contributed by atoms with van der Waals surface area (Å²) in [6.07, 6.45) is 4.25. The topological polar surface area (TPSA) is 31.4 Å². The minimum atomic E-state index is 0.266. The van der Waals surface area contributed by atoms with Crippen LogP contribution < -0.4 is 4.74 Å². The van der Waals surface area contributed by atoms with Crippen molar-refractivity contribution in [2.24, 2.45) is 0 Å². The summed E-state index contributed by atoms with van der Waals surface area (Å²) in [6.45, 7) is 1.49. The van der Waals surface area contributed by atoms with Crippen molar-refractivity contribution in [2.45, 2.75) is 18.9 Å². The molecule has 13 heavy (non-hydrogen) atoms. The Labute approximate surface area is 77.7 Å². The lowest BCUT2D eigenvalue weighted by Gasteiger charge is -2.09. The fraction of sp³-hybridized carbons (Fsp3) is 0.500. The van der Waals surface area contributed by atoms with Crippen LogP contribution in [0.5, 0.6) is 5.88 Å². The predicted molar refractivity (Wildman–Crippen MR) is 48.7 cm³/mol. The molecule has 0 amide bonds. The van der Waals surface area contributed by atoms with Crippen LogP contribution >= 0.6 is 0 Å². The fourth-order valence-electron chi connectivity index (χ4n) is 1.39. The zero-order chi connectivity index (χ0) is 8.93. The zero-order valence-corrected chi connectivity index (χ0v) is 7.48. The van der Waals surface area contributed by atoms with Crippen molar-refractivity contribution in [1.82, 2.24) is 4.98 Å². The lowest BCUT2D eigenvalue weighted by molar-refractivity contribution is 0.0663. The molecule has 1 aromatic rings. The average Bonchev–Trinajstić information content (AvgIpc) is 2.69. The van der Waals surface area contributed by atoms with Crippen LogP contribution in [0.2, 0.25) is 0 Å². The van der Waals surface area contributed by atoms with Gasteiger partial charge in [-0.15, -0.1) is 0 Å². The van der Waals surface area contributed by atoms with Crippen LogP contribution in [0.4, 0.5) is 0 Å². The number of hydrogen-bond donors (Lipinski definition) is 0. The molecular weight excluding hydrogens is 166 g/mol. The van der Waals surface area contributed by atoms with Crippen LogP contribution in [0.3, 0.4) is 0 Å². The van der Waals surface area contributed by atoms with E-state index < -0.39 is 0 Å². The Bertz CT molecular complexity index is 244. The molecule has 1 aliphatic heterocycles. The van der Waals surface area contributed by atoms with Crippen molar-refractivity contribution in [3.8, 4) is 5.88 Å². The monoisotopic (exact) mass is 179 g/mol. The summed E-state index contributed by atoms with van der Waals surface area (Å²) < 4.78 is 10.9. The standard InChI is InChI=1S/C10H13NO2/c1-2-6-11-10(5-1)13-8-9-4-3-7-12-9/h1-2,5-6,9H,3-4,7-8H2/t9-/m0/s1. The van der Waals surface area contributed by atoms with E-state index in [1.165, 1.54) is 0 Å². The SMILES string of the molecule is c1ccc(OC[C@@H]2CCCO2)nc1. The maximum atomic E-state index is 5.45. The van der Waals surface area contributed by atoms with E-state index >= 15 is 0 Å². The van der Waals surface area contributed by atoms with Crippen molar-refractivity contribution in [3.63, 3.8) is 0 Å². The van der Waals surface area contributed by atoms with Gasteiger partial charge < -0.3 is 9.47 Å². The molecule has 0 spiro atoms. The molecule has 1 saturated heterocycles. The van der Waals surface area contributed by atoms with Crippen molar-refractivity contribution >= 4 is 0 Å². The summed E-state index contributed by atoms with van der Waals surface area (Å²) in [5.41, 5.74) is 0. The van der Waals surface area contributed by atoms with E-state index in [1.807, 2.05) is 18.2 Å². The molecule has 1 aliphatic rings. The molecule has 0 saturated carbocycles. The summed E-state index contributed by atoms with van der Waals surface area (Å²) in [5, 5.41) is 0. The van der Waals surface area contributed by atoms with Crippen LogP contribution in [0.25, 0.3) is 0 Å². The van der Waals surface area contributed by atoms with Crippen LogP contribution in [0.1, 0.15) is 12.8 Å². The van der Waals surface area contributed by atoms with E-state index in [4.69, 9.17) is 9.47 Å². The second-order valence-corrected chi connectivity index (χ2v) is 3.11. The second-order valence-electron chi connectivity index (χ2n) is 3.11. The van der Waals surface area contributed by atoms with Crippen LogP contribution in [0, 0.1) is 0 Å². The van der Waals surface area contributed by atoms with E-state index in [0.717, 1.165) is 19.4 Å². The molecule has 1 atom stereocenters. The first kappa shape index (κ1) is 8.51. The Morgan fingerprint density at radius 3 is 3.23 bits per heavy atom. The van der Waals surface area contributed by atoms with E-state index in [2.05, 4.69) is 4.98 Å². The molecule has 1 aromatic heterocycles. The first-order valence-corrected chi connectivity index (χ1v) is 4.60. The Kier molecular flexibility index (Phi) is 2.77. The molecule has 0 aliphatic carbocycles. The Hall–Kier alpha value is -1.09. The van der Waals surface area contributed by atoms with Crippen LogP contribution in [0.15, 0.2) is 24.4 Å². The Morgan fingerprint density at radius 2 is 2.54 bits per heavy atom. The van der Waals surface area contributed by atoms with Gasteiger partial charge >= 0.3 is 0 Å². The number of hydrogen-bond acceptors (Lipinski definition) is 3. The highest BCUT2D eigenvalue weighted by Crippen LogP contribution is 2.13. The fourth-order valence-corrected chi connectivity index (χ4v) is 1.39. The molecule has 3 nitrogen and oxygen atoms in total. The number of nitrogens with zero attached hydrogens (tertiary/aromatic N) is 1. The predicted octanol–water partition coefficient (Wildman–Crippen LogP) is 1.64. The van der Waals surface area contributed by atoms with Crippen LogP contribution in [-0.2, 0) is 4.74 Å². The highest BCUT2D eigenvalue weighted by Gasteiger charge is 2.15. The van der Waals surface area contributed by atoms with E-state index in [9.17, 15) is 0 Å². The quantitative estimate of drug-likeness (QED) is 0.706. The number of pyridine rings is 1. The summed E-state index contributed by atoms with van der Waals surface area (Å²) in [6, 6.07) is 5.64. The average molecular weight is 179 g/mol. The molecule has 1 fully saturated rings. The van der Waals surface area contributed by atoms with Gasteiger partial charge in [0, 0.05) is 18.9 Å². The Morgan fingerprint density at radius 1 is 1.54 bits per heavy atom. The number of ether oxygens (including phenoxy) is 2. The van der Waals surface area contributed by atoms with E-state index in [1.54, 1.807) is 6.20 Å². The van der Waals surface area contributed by atoms with E-state index in [-0.39, 0.29) is 6.10 Å². The highest BCUT2D eigenvalue weighted by atomic mass is 16.5.